The normalized spacial score (nSPS) is 12.0. The van der Waals surface area contributed by atoms with E-state index < -0.39 is 15.9 Å². The summed E-state index contributed by atoms with van der Waals surface area (Å²) >= 11 is 11.9. The molecule has 0 saturated heterocycles. The number of anilines is 1. The van der Waals surface area contributed by atoms with Crippen LogP contribution in [0.5, 0.6) is 0 Å². The Morgan fingerprint density at radius 2 is 1.65 bits per heavy atom. The van der Waals surface area contributed by atoms with Gasteiger partial charge in [0.2, 0.25) is 0 Å². The van der Waals surface area contributed by atoms with Gasteiger partial charge in [-0.25, -0.2) is 13.8 Å². The van der Waals surface area contributed by atoms with Crippen molar-refractivity contribution in [1.82, 2.24) is 5.43 Å². The van der Waals surface area contributed by atoms with E-state index in [1.165, 1.54) is 42.6 Å². The SMILES string of the molecule is O=C(NN=CC(Cl)=Cc1ccccc1)c1cccc(S(=O)(=O)Nc2ccc(Cl)cc2)c1. The predicted molar refractivity (Wildman–Crippen MR) is 125 cm³/mol. The highest BCUT2D eigenvalue weighted by Gasteiger charge is 2.16. The summed E-state index contributed by atoms with van der Waals surface area (Å²) in [5, 5.41) is 4.61. The average Bonchev–Trinajstić information content (AvgIpc) is 2.76. The highest BCUT2D eigenvalue weighted by molar-refractivity contribution is 7.92. The first-order valence-electron chi connectivity index (χ1n) is 8.97. The molecular weight excluding hydrogens is 457 g/mol. The summed E-state index contributed by atoms with van der Waals surface area (Å²) in [6, 6.07) is 21.2. The summed E-state index contributed by atoms with van der Waals surface area (Å²) < 4.78 is 27.7. The summed E-state index contributed by atoms with van der Waals surface area (Å²) in [5.74, 6) is -0.580. The minimum absolute atomic E-state index is 0.0684. The third-order valence-electron chi connectivity index (χ3n) is 3.96. The summed E-state index contributed by atoms with van der Waals surface area (Å²) in [6.07, 6.45) is 2.97. The van der Waals surface area contributed by atoms with E-state index in [0.29, 0.717) is 15.7 Å². The molecule has 0 saturated carbocycles. The summed E-state index contributed by atoms with van der Waals surface area (Å²) in [5.41, 5.74) is 3.69. The Morgan fingerprint density at radius 1 is 0.935 bits per heavy atom. The number of hydrogen-bond donors (Lipinski definition) is 2. The van der Waals surface area contributed by atoms with Gasteiger partial charge < -0.3 is 0 Å². The number of sulfonamides is 1. The van der Waals surface area contributed by atoms with E-state index in [0.717, 1.165) is 5.56 Å². The Labute approximate surface area is 190 Å². The maximum absolute atomic E-state index is 12.6. The predicted octanol–water partition coefficient (Wildman–Crippen LogP) is 5.14. The van der Waals surface area contributed by atoms with Crippen molar-refractivity contribution in [1.29, 1.82) is 0 Å². The molecule has 0 atom stereocenters. The largest absolute Gasteiger partial charge is 0.280 e. The first kappa shape index (κ1) is 22.6. The lowest BCUT2D eigenvalue weighted by Gasteiger charge is -2.09. The highest BCUT2D eigenvalue weighted by atomic mass is 35.5. The van der Waals surface area contributed by atoms with Gasteiger partial charge in [0, 0.05) is 16.3 Å². The first-order valence-corrected chi connectivity index (χ1v) is 11.2. The zero-order valence-corrected chi connectivity index (χ0v) is 18.3. The summed E-state index contributed by atoms with van der Waals surface area (Å²) in [6.45, 7) is 0. The van der Waals surface area contributed by atoms with E-state index in [9.17, 15) is 13.2 Å². The van der Waals surface area contributed by atoms with Crippen LogP contribution in [0.1, 0.15) is 15.9 Å². The number of allylic oxidation sites excluding steroid dienone is 1. The van der Waals surface area contributed by atoms with Crippen molar-refractivity contribution in [3.8, 4) is 0 Å². The number of carbonyl (C=O) groups excluding carboxylic acids is 1. The fourth-order valence-electron chi connectivity index (χ4n) is 2.50. The third-order valence-corrected chi connectivity index (χ3v) is 5.80. The molecule has 0 heterocycles. The van der Waals surface area contributed by atoms with Gasteiger partial charge in [0.25, 0.3) is 15.9 Å². The lowest BCUT2D eigenvalue weighted by atomic mass is 10.2. The molecule has 9 heteroatoms. The monoisotopic (exact) mass is 473 g/mol. The topological polar surface area (TPSA) is 87.6 Å². The zero-order valence-electron chi connectivity index (χ0n) is 16.0. The van der Waals surface area contributed by atoms with Crippen molar-refractivity contribution in [2.45, 2.75) is 4.90 Å². The lowest BCUT2D eigenvalue weighted by Crippen LogP contribution is -2.19. The van der Waals surface area contributed by atoms with Crippen molar-refractivity contribution in [2.24, 2.45) is 5.10 Å². The Balaban J connectivity index is 1.68. The van der Waals surface area contributed by atoms with Crippen LogP contribution in [0, 0.1) is 0 Å². The summed E-state index contributed by atoms with van der Waals surface area (Å²) in [7, 11) is -3.89. The van der Waals surface area contributed by atoms with Crippen LogP contribution in [0.4, 0.5) is 5.69 Å². The molecule has 3 rings (SSSR count). The lowest BCUT2D eigenvalue weighted by molar-refractivity contribution is 0.0955. The fourth-order valence-corrected chi connectivity index (χ4v) is 3.90. The second kappa shape index (κ2) is 10.3. The van der Waals surface area contributed by atoms with Crippen molar-refractivity contribution < 1.29 is 13.2 Å². The van der Waals surface area contributed by atoms with Crippen molar-refractivity contribution >= 4 is 57.1 Å². The van der Waals surface area contributed by atoms with E-state index in [1.807, 2.05) is 30.3 Å². The minimum atomic E-state index is -3.89. The molecule has 0 unspecified atom stereocenters. The number of nitrogens with zero attached hydrogens (tertiary/aromatic N) is 1. The Morgan fingerprint density at radius 3 is 2.35 bits per heavy atom. The van der Waals surface area contributed by atoms with Gasteiger partial charge in [-0.05, 0) is 54.1 Å². The number of halogens is 2. The average molecular weight is 474 g/mol. The zero-order chi connectivity index (χ0) is 22.3. The Kier molecular flexibility index (Phi) is 7.46. The fraction of sp³-hybridized carbons (Fsp3) is 0. The van der Waals surface area contributed by atoms with Crippen molar-refractivity contribution in [3.05, 3.63) is 100 Å². The molecule has 0 aliphatic carbocycles. The molecule has 0 aromatic heterocycles. The molecule has 6 nitrogen and oxygen atoms in total. The van der Waals surface area contributed by atoms with Gasteiger partial charge in [-0.3, -0.25) is 9.52 Å². The molecular formula is C22H17Cl2N3O3S. The minimum Gasteiger partial charge on any atom is -0.280 e. The molecule has 0 spiro atoms. The van der Waals surface area contributed by atoms with Crippen LogP contribution in [0.3, 0.4) is 0 Å². The van der Waals surface area contributed by atoms with E-state index >= 15 is 0 Å². The Hall–Kier alpha value is -3.13. The van der Waals surface area contributed by atoms with Gasteiger partial charge in [0.05, 0.1) is 16.1 Å². The molecule has 158 valence electrons. The maximum Gasteiger partial charge on any atom is 0.271 e. The number of benzene rings is 3. The van der Waals surface area contributed by atoms with E-state index in [2.05, 4.69) is 15.2 Å². The number of rotatable bonds is 7. The van der Waals surface area contributed by atoms with Crippen LogP contribution in [0.15, 0.2) is 93.9 Å². The van der Waals surface area contributed by atoms with Gasteiger partial charge in [0.1, 0.15) is 0 Å². The smallest absolute Gasteiger partial charge is 0.271 e. The maximum atomic E-state index is 12.6. The van der Waals surface area contributed by atoms with Gasteiger partial charge in [-0.15, -0.1) is 0 Å². The second-order valence-electron chi connectivity index (χ2n) is 6.28. The molecule has 0 fully saturated rings. The van der Waals surface area contributed by atoms with Gasteiger partial charge in [0.15, 0.2) is 0 Å². The van der Waals surface area contributed by atoms with Gasteiger partial charge in [-0.1, -0.05) is 59.6 Å². The molecule has 0 bridgehead atoms. The quantitative estimate of drug-likeness (QED) is 0.367. The van der Waals surface area contributed by atoms with Crippen LogP contribution < -0.4 is 10.1 Å². The van der Waals surface area contributed by atoms with Gasteiger partial charge >= 0.3 is 0 Å². The molecule has 0 aliphatic heterocycles. The van der Waals surface area contributed by atoms with Crippen LogP contribution in [0.2, 0.25) is 5.02 Å². The number of hydrogen-bond acceptors (Lipinski definition) is 4. The van der Waals surface area contributed by atoms with Crippen LogP contribution >= 0.6 is 23.2 Å². The summed E-state index contributed by atoms with van der Waals surface area (Å²) in [4.78, 5) is 12.3. The van der Waals surface area contributed by atoms with Crippen molar-refractivity contribution in [2.75, 3.05) is 4.72 Å². The molecule has 3 aromatic rings. The van der Waals surface area contributed by atoms with Crippen LogP contribution in [-0.2, 0) is 10.0 Å². The van der Waals surface area contributed by atoms with E-state index in [4.69, 9.17) is 23.2 Å². The molecule has 0 radical (unpaired) electrons. The molecule has 2 N–H and O–H groups in total. The Bertz CT molecular complexity index is 1230. The van der Waals surface area contributed by atoms with E-state index in [-0.39, 0.29) is 10.5 Å². The highest BCUT2D eigenvalue weighted by Crippen LogP contribution is 2.19. The molecule has 0 aliphatic rings. The molecule has 3 aromatic carbocycles. The third kappa shape index (κ3) is 6.68. The molecule has 31 heavy (non-hydrogen) atoms. The van der Waals surface area contributed by atoms with Gasteiger partial charge in [-0.2, -0.15) is 5.10 Å². The number of hydrazone groups is 1. The standard InChI is InChI=1S/C22H17Cl2N3O3S/c23-18-9-11-20(12-10-18)27-31(29,30)21-8-4-7-17(14-21)22(28)26-25-15-19(24)13-16-5-2-1-3-6-16/h1-15,27H,(H,26,28). The van der Waals surface area contributed by atoms with Crippen molar-refractivity contribution in [3.63, 3.8) is 0 Å². The second-order valence-corrected chi connectivity index (χ2v) is 8.83. The number of amides is 1. The van der Waals surface area contributed by atoms with E-state index in [1.54, 1.807) is 18.2 Å². The van der Waals surface area contributed by atoms with Crippen LogP contribution in [0.25, 0.3) is 6.08 Å². The molecule has 1 amide bonds. The number of nitrogens with one attached hydrogen (secondary N) is 2. The first-order chi connectivity index (χ1) is 14.8. The number of carbonyl (C=O) groups is 1. The van der Waals surface area contributed by atoms with Crippen LogP contribution in [-0.4, -0.2) is 20.5 Å².